The number of aldehydes is 1. The molecule has 1 aliphatic rings. The Hall–Kier alpha value is -1.56. The number of aliphatic imine (C=N–C) groups is 1. The molecule has 1 saturated heterocycles. The SMILES string of the molecule is CN=C(N)/C=C\N(C=O)C1OC(COP(O)NC(C)C=O)CC1(F)F.COC(C)C. The molecule has 0 saturated carbocycles. The second-order valence-corrected chi connectivity index (χ2v) is 7.56. The number of nitrogens with zero attached hydrogens (tertiary/aromatic N) is 2. The topological polar surface area (TPSA) is 136 Å². The van der Waals surface area contributed by atoms with Gasteiger partial charge in [-0.05, 0) is 26.8 Å². The van der Waals surface area contributed by atoms with E-state index < -0.39 is 39.2 Å². The number of amides is 1. The van der Waals surface area contributed by atoms with Crippen molar-refractivity contribution in [3.8, 4) is 0 Å². The molecule has 13 heteroatoms. The van der Waals surface area contributed by atoms with Crippen LogP contribution in [0.4, 0.5) is 8.78 Å². The number of carbonyl (C=O) groups is 2. The van der Waals surface area contributed by atoms with Crippen molar-refractivity contribution < 1.29 is 37.3 Å². The van der Waals surface area contributed by atoms with Crippen LogP contribution in [0.15, 0.2) is 17.3 Å². The molecule has 0 spiro atoms. The zero-order valence-electron chi connectivity index (χ0n) is 17.7. The Morgan fingerprint density at radius 3 is 2.53 bits per heavy atom. The van der Waals surface area contributed by atoms with Gasteiger partial charge in [0.25, 0.3) is 14.4 Å². The lowest BCUT2D eigenvalue weighted by Crippen LogP contribution is -2.41. The Morgan fingerprint density at radius 2 is 2.07 bits per heavy atom. The number of alkyl halides is 2. The molecule has 1 rings (SSSR count). The highest BCUT2D eigenvalue weighted by molar-refractivity contribution is 7.43. The number of nitrogens with one attached hydrogen (secondary N) is 1. The zero-order valence-corrected chi connectivity index (χ0v) is 18.6. The Morgan fingerprint density at radius 1 is 1.47 bits per heavy atom. The lowest BCUT2D eigenvalue weighted by atomic mass is 10.2. The summed E-state index contributed by atoms with van der Waals surface area (Å²) in [5, 5.41) is 2.44. The van der Waals surface area contributed by atoms with E-state index in [2.05, 4.69) is 10.1 Å². The Bertz CT molecular complexity index is 582. The van der Waals surface area contributed by atoms with Gasteiger partial charge < -0.3 is 29.4 Å². The fraction of sp³-hybridized carbons (Fsp3) is 0.706. The third-order valence-electron chi connectivity index (χ3n) is 3.62. The fourth-order valence-electron chi connectivity index (χ4n) is 1.92. The summed E-state index contributed by atoms with van der Waals surface area (Å²) in [5.41, 5.74) is 5.42. The molecule has 4 N–H and O–H groups in total. The van der Waals surface area contributed by atoms with Crippen LogP contribution in [-0.4, -0.2) is 79.5 Å². The van der Waals surface area contributed by atoms with E-state index in [-0.39, 0.29) is 18.9 Å². The molecule has 0 aromatic heterocycles. The van der Waals surface area contributed by atoms with E-state index in [1.807, 2.05) is 13.8 Å². The molecule has 4 unspecified atom stereocenters. The normalized spacial score (nSPS) is 23.0. The van der Waals surface area contributed by atoms with Gasteiger partial charge in [-0.25, -0.2) is 13.9 Å². The van der Waals surface area contributed by atoms with Crippen LogP contribution in [0.3, 0.4) is 0 Å². The summed E-state index contributed by atoms with van der Waals surface area (Å²) in [4.78, 5) is 35.4. The largest absolute Gasteiger partial charge is 0.384 e. The van der Waals surface area contributed by atoms with Gasteiger partial charge in [0, 0.05) is 26.8 Å². The van der Waals surface area contributed by atoms with Crippen molar-refractivity contribution in [1.82, 2.24) is 9.99 Å². The van der Waals surface area contributed by atoms with E-state index in [1.165, 1.54) is 20.0 Å². The number of hydrogen-bond donors (Lipinski definition) is 3. The summed E-state index contributed by atoms with van der Waals surface area (Å²) < 4.78 is 43.1. The molecular formula is C17H31F2N4O6P. The smallest absolute Gasteiger partial charge is 0.294 e. The van der Waals surface area contributed by atoms with Crippen LogP contribution in [0.2, 0.25) is 0 Å². The maximum atomic E-state index is 14.1. The van der Waals surface area contributed by atoms with E-state index in [0.717, 1.165) is 6.20 Å². The van der Waals surface area contributed by atoms with Crippen molar-refractivity contribution >= 4 is 27.1 Å². The highest BCUT2D eigenvalue weighted by Gasteiger charge is 2.52. The van der Waals surface area contributed by atoms with Crippen molar-refractivity contribution in [3.63, 3.8) is 0 Å². The average molecular weight is 456 g/mol. The second kappa shape index (κ2) is 14.4. The van der Waals surface area contributed by atoms with Gasteiger partial charge in [0.15, 0.2) is 0 Å². The first kappa shape index (κ1) is 28.4. The molecule has 10 nitrogen and oxygen atoms in total. The van der Waals surface area contributed by atoms with E-state index in [9.17, 15) is 23.3 Å². The van der Waals surface area contributed by atoms with E-state index in [1.54, 1.807) is 7.11 Å². The lowest BCUT2D eigenvalue weighted by molar-refractivity contribution is -0.154. The molecule has 0 aromatic rings. The van der Waals surface area contributed by atoms with Gasteiger partial charge in [0.05, 0.1) is 24.9 Å². The maximum Gasteiger partial charge on any atom is 0.294 e. The fourth-order valence-corrected chi connectivity index (χ4v) is 2.71. The molecule has 0 radical (unpaired) electrons. The summed E-state index contributed by atoms with van der Waals surface area (Å²) in [6, 6.07) is -0.642. The van der Waals surface area contributed by atoms with E-state index in [4.69, 9.17) is 19.7 Å². The molecule has 1 aliphatic heterocycles. The number of ether oxygens (including phenoxy) is 2. The Labute approximate surface area is 176 Å². The van der Waals surface area contributed by atoms with Gasteiger partial charge >= 0.3 is 0 Å². The first-order valence-corrected chi connectivity index (χ1v) is 10.2. The number of amidine groups is 1. The molecule has 0 aliphatic carbocycles. The second-order valence-electron chi connectivity index (χ2n) is 6.50. The number of halogens is 2. The molecule has 1 amide bonds. The van der Waals surface area contributed by atoms with E-state index in [0.29, 0.717) is 17.3 Å². The first-order chi connectivity index (χ1) is 14.0. The van der Waals surface area contributed by atoms with Gasteiger partial charge in [-0.15, -0.1) is 0 Å². The van der Waals surface area contributed by atoms with Gasteiger partial charge in [-0.2, -0.15) is 0 Å². The van der Waals surface area contributed by atoms with E-state index >= 15 is 0 Å². The molecule has 174 valence electrons. The number of rotatable bonds is 11. The summed E-state index contributed by atoms with van der Waals surface area (Å²) in [5.74, 6) is -3.27. The van der Waals surface area contributed by atoms with Crippen molar-refractivity contribution in [2.45, 2.75) is 57.6 Å². The van der Waals surface area contributed by atoms with Gasteiger partial charge in [-0.1, -0.05) is 0 Å². The van der Waals surface area contributed by atoms with Crippen LogP contribution in [-0.2, 0) is 23.6 Å². The number of hydrogen-bond acceptors (Lipinski definition) is 8. The van der Waals surface area contributed by atoms with Crippen molar-refractivity contribution in [3.05, 3.63) is 12.3 Å². The molecule has 0 bridgehead atoms. The van der Waals surface area contributed by atoms with Crippen molar-refractivity contribution in [2.24, 2.45) is 10.7 Å². The van der Waals surface area contributed by atoms with Gasteiger partial charge in [0.2, 0.25) is 12.6 Å². The lowest BCUT2D eigenvalue weighted by Gasteiger charge is -2.25. The Kier molecular flexibility index (Phi) is 13.7. The molecule has 4 atom stereocenters. The standard InChI is InChI=1S/C13H21F2N4O5P.C4H10O/c1-9(6-20)18-25(22)23-7-10-5-13(14,15)12(24-10)19(8-21)4-3-11(16)17-2;1-4(2)5-3/h3-4,6,8-10,12,18,22H,5,7H2,1-2H3,(H2,16,17);4H,1-3H3/b4-3-;. The van der Waals surface area contributed by atoms with Crippen LogP contribution in [0.5, 0.6) is 0 Å². The molecule has 0 aromatic carbocycles. The predicted octanol–water partition coefficient (Wildman–Crippen LogP) is 1.15. The summed E-state index contributed by atoms with van der Waals surface area (Å²) in [6.45, 7) is 5.17. The number of carbonyl (C=O) groups excluding carboxylic acids is 2. The van der Waals surface area contributed by atoms with Crippen molar-refractivity contribution in [2.75, 3.05) is 20.8 Å². The van der Waals surface area contributed by atoms with Crippen LogP contribution in [0.1, 0.15) is 27.2 Å². The highest BCUT2D eigenvalue weighted by Crippen LogP contribution is 2.39. The number of nitrogens with two attached hydrogens (primary N) is 1. The molecule has 1 heterocycles. The summed E-state index contributed by atoms with van der Waals surface area (Å²) in [7, 11) is 0.948. The third-order valence-corrected chi connectivity index (χ3v) is 4.64. The first-order valence-electron chi connectivity index (χ1n) is 9.03. The summed E-state index contributed by atoms with van der Waals surface area (Å²) in [6.07, 6.45) is -0.198. The van der Waals surface area contributed by atoms with Crippen molar-refractivity contribution in [1.29, 1.82) is 0 Å². The van der Waals surface area contributed by atoms with Crippen LogP contribution in [0, 0.1) is 0 Å². The Balaban J connectivity index is 0.00000150. The van der Waals surface area contributed by atoms with Gasteiger partial charge in [-0.3, -0.25) is 14.7 Å². The maximum absolute atomic E-state index is 14.1. The van der Waals surface area contributed by atoms with Crippen LogP contribution < -0.4 is 10.8 Å². The molecule has 30 heavy (non-hydrogen) atoms. The minimum atomic E-state index is -3.32. The number of methoxy groups -OCH3 is 1. The highest BCUT2D eigenvalue weighted by atomic mass is 31.2. The van der Waals surface area contributed by atoms with Crippen LogP contribution >= 0.6 is 8.53 Å². The minimum absolute atomic E-state index is 0.0503. The monoisotopic (exact) mass is 456 g/mol. The minimum Gasteiger partial charge on any atom is -0.384 e. The quantitative estimate of drug-likeness (QED) is 0.182. The predicted molar refractivity (Wildman–Crippen MR) is 109 cm³/mol. The molecule has 1 fully saturated rings. The third kappa shape index (κ3) is 11.0. The summed E-state index contributed by atoms with van der Waals surface area (Å²) >= 11 is 0. The average Bonchev–Trinajstić information content (AvgIpc) is 3.01. The zero-order chi connectivity index (χ0) is 23.3. The molecular weight excluding hydrogens is 425 g/mol. The van der Waals surface area contributed by atoms with Gasteiger partial charge in [0.1, 0.15) is 12.1 Å². The van der Waals surface area contributed by atoms with Crippen LogP contribution in [0.25, 0.3) is 0 Å².